The van der Waals surface area contributed by atoms with Gasteiger partial charge in [-0.05, 0) is 81.1 Å². The van der Waals surface area contributed by atoms with Gasteiger partial charge in [0, 0.05) is 18.8 Å². The largest absolute Gasteiger partial charge is 0.455 e. The number of allylic oxidation sites excluding steroid dienone is 1. The van der Waals surface area contributed by atoms with E-state index in [-0.39, 0.29) is 22.9 Å². The molecule has 4 rings (SSSR count). The van der Waals surface area contributed by atoms with Crippen molar-refractivity contribution < 1.29 is 24.2 Å². The second kappa shape index (κ2) is 6.76. The van der Waals surface area contributed by atoms with Crippen LogP contribution in [0.2, 0.25) is 0 Å². The Morgan fingerprint density at radius 3 is 2.48 bits per heavy atom. The lowest BCUT2D eigenvalue weighted by Gasteiger charge is -2.59. The first-order valence-corrected chi connectivity index (χ1v) is 11.2. The molecule has 0 heterocycles. The van der Waals surface area contributed by atoms with Gasteiger partial charge in [-0.3, -0.25) is 14.4 Å². The zero-order valence-corrected chi connectivity index (χ0v) is 18.1. The molecule has 4 aliphatic rings. The summed E-state index contributed by atoms with van der Waals surface area (Å²) in [5.41, 5.74) is -0.515. The molecule has 0 radical (unpaired) electrons. The van der Waals surface area contributed by atoms with E-state index in [1.165, 1.54) is 12.5 Å². The second-order valence-corrected chi connectivity index (χ2v) is 10.4. The number of hydrogen-bond acceptors (Lipinski definition) is 5. The minimum Gasteiger partial charge on any atom is -0.455 e. The van der Waals surface area contributed by atoms with Crippen molar-refractivity contribution >= 4 is 17.5 Å². The summed E-state index contributed by atoms with van der Waals surface area (Å²) in [6.07, 6.45) is 7.57. The molecule has 1 N–H and O–H groups in total. The van der Waals surface area contributed by atoms with Crippen molar-refractivity contribution in [3.8, 4) is 0 Å². The second-order valence-electron chi connectivity index (χ2n) is 10.4. The predicted octanol–water partition coefficient (Wildman–Crippen LogP) is 3.77. The molecule has 0 aromatic carbocycles. The number of aliphatic hydroxyl groups is 1. The zero-order valence-electron chi connectivity index (χ0n) is 18.1. The molecule has 3 saturated carbocycles. The van der Waals surface area contributed by atoms with Crippen molar-refractivity contribution in [1.29, 1.82) is 0 Å². The van der Waals surface area contributed by atoms with Crippen molar-refractivity contribution in [2.45, 2.75) is 90.8 Å². The lowest BCUT2D eigenvalue weighted by Crippen LogP contribution is -2.59. The van der Waals surface area contributed by atoms with E-state index in [1.807, 2.05) is 6.08 Å². The van der Waals surface area contributed by atoms with Gasteiger partial charge in [0.2, 0.25) is 5.78 Å². The maximum absolute atomic E-state index is 13.2. The molecule has 0 amide bonds. The molecule has 4 aliphatic carbocycles. The number of ketones is 2. The third-order valence-electron chi connectivity index (χ3n) is 9.23. The molecule has 0 bridgehead atoms. The molecule has 3 fully saturated rings. The van der Waals surface area contributed by atoms with Crippen molar-refractivity contribution in [1.82, 2.24) is 0 Å². The molecular formula is C24H34O5. The van der Waals surface area contributed by atoms with Crippen LogP contribution in [-0.2, 0) is 19.1 Å². The maximum atomic E-state index is 13.2. The molecule has 29 heavy (non-hydrogen) atoms. The fraction of sp³-hybridized carbons (Fsp3) is 0.792. The minimum absolute atomic E-state index is 0.0773. The lowest BCUT2D eigenvalue weighted by molar-refractivity contribution is -0.175. The van der Waals surface area contributed by atoms with E-state index in [0.717, 1.165) is 38.5 Å². The van der Waals surface area contributed by atoms with E-state index < -0.39 is 23.1 Å². The standard InChI is InChI=1S/C24H34O5/c1-14(29-15(2)25)21(27)24(28)12-9-20-18-6-5-16-13-17(26)7-10-22(16,3)19(18)8-11-23(20,24)4/h13-14,18-20,28H,5-12H2,1-4H3/t14-,18-,19+,20+,22+,23+,24+/m1/s1. The number of carbonyl (C=O) groups excluding carboxylic acids is 3. The fourth-order valence-electron chi connectivity index (χ4n) is 7.62. The van der Waals surface area contributed by atoms with Gasteiger partial charge in [-0.1, -0.05) is 19.4 Å². The summed E-state index contributed by atoms with van der Waals surface area (Å²) < 4.78 is 5.13. The molecule has 5 heteroatoms. The van der Waals surface area contributed by atoms with Crippen LogP contribution in [-0.4, -0.2) is 34.3 Å². The number of esters is 1. The van der Waals surface area contributed by atoms with Crippen LogP contribution in [0.1, 0.15) is 79.1 Å². The van der Waals surface area contributed by atoms with Gasteiger partial charge in [-0.2, -0.15) is 0 Å². The highest BCUT2D eigenvalue weighted by atomic mass is 16.5. The number of hydrogen-bond donors (Lipinski definition) is 1. The quantitative estimate of drug-likeness (QED) is 0.727. The van der Waals surface area contributed by atoms with E-state index in [2.05, 4.69) is 13.8 Å². The molecule has 7 atom stereocenters. The highest BCUT2D eigenvalue weighted by Crippen LogP contribution is 2.67. The Hall–Kier alpha value is -1.49. The van der Waals surface area contributed by atoms with Crippen LogP contribution in [0.5, 0.6) is 0 Å². The summed E-state index contributed by atoms with van der Waals surface area (Å²) in [7, 11) is 0. The monoisotopic (exact) mass is 402 g/mol. The Balaban J connectivity index is 1.62. The Bertz CT molecular complexity index is 784. The fourth-order valence-corrected chi connectivity index (χ4v) is 7.62. The van der Waals surface area contributed by atoms with Gasteiger partial charge in [0.15, 0.2) is 11.9 Å². The van der Waals surface area contributed by atoms with Crippen LogP contribution < -0.4 is 0 Å². The van der Waals surface area contributed by atoms with Crippen LogP contribution in [0.3, 0.4) is 0 Å². The van der Waals surface area contributed by atoms with Gasteiger partial charge in [-0.15, -0.1) is 0 Å². The highest BCUT2D eigenvalue weighted by Gasteiger charge is 2.66. The summed E-state index contributed by atoms with van der Waals surface area (Å²) in [6, 6.07) is 0. The average Bonchev–Trinajstić information content (AvgIpc) is 2.93. The summed E-state index contributed by atoms with van der Waals surface area (Å²) in [4.78, 5) is 36.5. The average molecular weight is 403 g/mol. The van der Waals surface area contributed by atoms with E-state index in [4.69, 9.17) is 4.74 Å². The van der Waals surface area contributed by atoms with Gasteiger partial charge in [0.25, 0.3) is 0 Å². The molecular weight excluding hydrogens is 368 g/mol. The van der Waals surface area contributed by atoms with E-state index in [1.54, 1.807) is 6.92 Å². The number of rotatable bonds is 3. The SMILES string of the molecule is CC(=O)O[C@H](C)C(=O)[C@@]1(O)CC[C@H]2[C@@H]3CCC4=CC(=O)CC[C@]4(C)[C@H]3CC[C@@]21C. The predicted molar refractivity (Wildman–Crippen MR) is 108 cm³/mol. The maximum Gasteiger partial charge on any atom is 0.303 e. The Morgan fingerprint density at radius 2 is 1.79 bits per heavy atom. The smallest absolute Gasteiger partial charge is 0.303 e. The van der Waals surface area contributed by atoms with E-state index in [9.17, 15) is 19.5 Å². The van der Waals surface area contributed by atoms with Gasteiger partial charge in [0.05, 0.1) is 0 Å². The summed E-state index contributed by atoms with van der Waals surface area (Å²) in [5.74, 6) is 0.686. The van der Waals surface area contributed by atoms with E-state index >= 15 is 0 Å². The van der Waals surface area contributed by atoms with Crippen LogP contribution in [0.25, 0.3) is 0 Å². The van der Waals surface area contributed by atoms with Crippen LogP contribution in [0.15, 0.2) is 11.6 Å². The summed E-state index contributed by atoms with van der Waals surface area (Å²) in [6.45, 7) is 7.28. The molecule has 0 saturated heterocycles. The minimum atomic E-state index is -1.43. The van der Waals surface area contributed by atoms with Crippen molar-refractivity contribution in [3.05, 3.63) is 11.6 Å². The number of fused-ring (bicyclic) bond motifs is 5. The highest BCUT2D eigenvalue weighted by molar-refractivity contribution is 5.93. The van der Waals surface area contributed by atoms with E-state index in [0.29, 0.717) is 24.7 Å². The number of Topliss-reactive ketones (excluding diaryl/α,β-unsaturated/α-hetero) is 1. The molecule has 160 valence electrons. The van der Waals surface area contributed by atoms with Gasteiger partial charge >= 0.3 is 5.97 Å². The Kier molecular flexibility index (Phi) is 4.84. The summed E-state index contributed by atoms with van der Waals surface area (Å²) in [5, 5.41) is 11.6. The first kappa shape index (κ1) is 20.8. The third-order valence-corrected chi connectivity index (χ3v) is 9.23. The van der Waals surface area contributed by atoms with Crippen LogP contribution >= 0.6 is 0 Å². The number of ether oxygens (including phenoxy) is 1. The topological polar surface area (TPSA) is 80.7 Å². The Labute approximate surface area is 173 Å². The van der Waals surface area contributed by atoms with Gasteiger partial charge in [-0.25, -0.2) is 0 Å². The first-order chi connectivity index (χ1) is 13.5. The molecule has 0 spiro atoms. The molecule has 5 nitrogen and oxygen atoms in total. The lowest BCUT2D eigenvalue weighted by atomic mass is 9.46. The van der Waals surface area contributed by atoms with Crippen LogP contribution in [0.4, 0.5) is 0 Å². The molecule has 0 aromatic heterocycles. The molecule has 0 unspecified atom stereocenters. The third kappa shape index (κ3) is 2.87. The summed E-state index contributed by atoms with van der Waals surface area (Å²) >= 11 is 0. The molecule has 0 aromatic rings. The number of carbonyl (C=O) groups is 3. The first-order valence-electron chi connectivity index (χ1n) is 11.2. The Morgan fingerprint density at radius 1 is 1.10 bits per heavy atom. The molecule has 0 aliphatic heterocycles. The van der Waals surface area contributed by atoms with Crippen molar-refractivity contribution in [2.75, 3.05) is 0 Å². The normalized spacial score (nSPS) is 44.8. The van der Waals surface area contributed by atoms with Crippen molar-refractivity contribution in [3.63, 3.8) is 0 Å². The van der Waals surface area contributed by atoms with Crippen molar-refractivity contribution in [2.24, 2.45) is 28.6 Å². The van der Waals surface area contributed by atoms with Crippen LogP contribution in [0, 0.1) is 28.6 Å². The zero-order chi connectivity index (χ0) is 21.2. The van der Waals surface area contributed by atoms with Gasteiger partial charge < -0.3 is 9.84 Å². The van der Waals surface area contributed by atoms with Gasteiger partial charge in [0.1, 0.15) is 5.60 Å².